The molecular weight excluding hydrogens is 252 g/mol. The molecule has 0 aliphatic heterocycles. The van der Waals surface area contributed by atoms with E-state index in [9.17, 15) is 13.0 Å². The smallest absolute Gasteiger partial charge is 0.0971 e. The first-order valence-corrected chi connectivity index (χ1v) is 8.35. The molecule has 0 bridgehead atoms. The Labute approximate surface area is 111 Å². The third kappa shape index (κ3) is 5.24. The van der Waals surface area contributed by atoms with E-state index in [4.69, 9.17) is 4.74 Å². The molecular formula is C13H25O4S-. The minimum atomic E-state index is -4.20. The predicted molar refractivity (Wildman–Crippen MR) is 70.2 cm³/mol. The van der Waals surface area contributed by atoms with Crippen LogP contribution in [-0.4, -0.2) is 30.9 Å². The highest BCUT2D eigenvalue weighted by Crippen LogP contribution is 2.35. The van der Waals surface area contributed by atoms with Gasteiger partial charge in [-0.1, -0.05) is 27.2 Å². The van der Waals surface area contributed by atoms with Crippen LogP contribution in [0, 0.1) is 17.8 Å². The molecule has 0 heterocycles. The number of hydrogen-bond acceptors (Lipinski definition) is 4. The Morgan fingerprint density at radius 3 is 2.39 bits per heavy atom. The lowest BCUT2D eigenvalue weighted by Gasteiger charge is -2.38. The van der Waals surface area contributed by atoms with Crippen LogP contribution in [0.5, 0.6) is 0 Å². The second-order valence-electron chi connectivity index (χ2n) is 6.04. The fourth-order valence-electron chi connectivity index (χ4n) is 2.90. The first-order valence-electron chi connectivity index (χ1n) is 6.78. The molecule has 1 aliphatic carbocycles. The Kier molecular flexibility index (Phi) is 5.62. The molecule has 4 nitrogen and oxygen atoms in total. The van der Waals surface area contributed by atoms with Gasteiger partial charge in [0.1, 0.15) is 0 Å². The molecule has 1 saturated carbocycles. The summed E-state index contributed by atoms with van der Waals surface area (Å²) in [6.45, 7) is 8.21. The van der Waals surface area contributed by atoms with Gasteiger partial charge >= 0.3 is 0 Å². The van der Waals surface area contributed by atoms with Gasteiger partial charge in [-0.05, 0) is 37.5 Å². The molecule has 1 aliphatic rings. The zero-order valence-electron chi connectivity index (χ0n) is 11.8. The Hall–Kier alpha value is -0.130. The van der Waals surface area contributed by atoms with Gasteiger partial charge in [0.05, 0.1) is 28.1 Å². The van der Waals surface area contributed by atoms with Crippen molar-refractivity contribution in [1.82, 2.24) is 0 Å². The lowest BCUT2D eigenvalue weighted by molar-refractivity contribution is -0.0664. The molecule has 0 N–H and O–H groups in total. The highest BCUT2D eigenvalue weighted by molar-refractivity contribution is 7.85. The van der Waals surface area contributed by atoms with E-state index in [1.807, 2.05) is 0 Å². The van der Waals surface area contributed by atoms with Crippen LogP contribution in [0.4, 0.5) is 0 Å². The average Bonchev–Trinajstić information content (AvgIpc) is 2.13. The summed E-state index contributed by atoms with van der Waals surface area (Å²) in [6.07, 6.45) is 2.87. The number of ether oxygens (including phenoxy) is 1. The van der Waals surface area contributed by atoms with Crippen LogP contribution in [0.1, 0.15) is 47.0 Å². The summed E-state index contributed by atoms with van der Waals surface area (Å²) < 4.78 is 38.0. The van der Waals surface area contributed by atoms with Gasteiger partial charge in [-0.3, -0.25) is 0 Å². The molecule has 1 fully saturated rings. The van der Waals surface area contributed by atoms with Crippen molar-refractivity contribution < 1.29 is 17.7 Å². The quantitative estimate of drug-likeness (QED) is 0.724. The molecule has 0 aromatic carbocycles. The first kappa shape index (κ1) is 15.9. The molecule has 4 atom stereocenters. The largest absolute Gasteiger partial charge is 0.748 e. The number of hydrogen-bond donors (Lipinski definition) is 0. The van der Waals surface area contributed by atoms with E-state index in [1.165, 1.54) is 6.42 Å². The molecule has 0 amide bonds. The Bertz CT molecular complexity index is 350. The molecule has 0 aromatic heterocycles. The van der Waals surface area contributed by atoms with E-state index < -0.39 is 22.0 Å². The summed E-state index contributed by atoms with van der Waals surface area (Å²) in [5.74, 6) is 1.18. The lowest BCUT2D eigenvalue weighted by atomic mass is 9.75. The summed E-state index contributed by atoms with van der Waals surface area (Å²) >= 11 is 0. The molecule has 0 saturated heterocycles. The molecule has 5 heteroatoms. The van der Waals surface area contributed by atoms with Crippen molar-refractivity contribution in [3.8, 4) is 0 Å². The zero-order chi connectivity index (χ0) is 13.9. The van der Waals surface area contributed by atoms with E-state index >= 15 is 0 Å². The fourth-order valence-corrected chi connectivity index (χ4v) is 3.55. The normalized spacial score (nSPS) is 31.6. The van der Waals surface area contributed by atoms with Gasteiger partial charge in [0.15, 0.2) is 0 Å². The third-order valence-corrected chi connectivity index (χ3v) is 4.68. The van der Waals surface area contributed by atoms with E-state index in [2.05, 4.69) is 20.8 Å². The predicted octanol–water partition coefficient (Wildman–Crippen LogP) is 2.40. The zero-order valence-corrected chi connectivity index (χ0v) is 12.6. The van der Waals surface area contributed by atoms with Gasteiger partial charge in [0.25, 0.3) is 0 Å². The maximum Gasteiger partial charge on any atom is 0.0971 e. The molecule has 0 radical (unpaired) electrons. The van der Waals surface area contributed by atoms with Crippen molar-refractivity contribution >= 4 is 10.1 Å². The summed E-state index contributed by atoms with van der Waals surface area (Å²) in [5.41, 5.74) is 0. The Morgan fingerprint density at radius 1 is 1.28 bits per heavy atom. The van der Waals surface area contributed by atoms with E-state index in [-0.39, 0.29) is 6.10 Å². The molecule has 108 valence electrons. The molecule has 1 rings (SSSR count). The topological polar surface area (TPSA) is 66.4 Å². The van der Waals surface area contributed by atoms with Crippen LogP contribution >= 0.6 is 0 Å². The summed E-state index contributed by atoms with van der Waals surface area (Å²) in [7, 11) is -4.20. The van der Waals surface area contributed by atoms with Gasteiger partial charge in [-0.25, -0.2) is 8.42 Å². The van der Waals surface area contributed by atoms with Crippen LogP contribution in [0.25, 0.3) is 0 Å². The van der Waals surface area contributed by atoms with Gasteiger partial charge < -0.3 is 9.29 Å². The second kappa shape index (κ2) is 6.35. The van der Waals surface area contributed by atoms with Crippen molar-refractivity contribution in [2.75, 3.05) is 5.75 Å². The third-order valence-electron chi connectivity index (χ3n) is 3.81. The van der Waals surface area contributed by atoms with Crippen LogP contribution in [0.3, 0.4) is 0 Å². The average molecular weight is 277 g/mol. The Morgan fingerprint density at radius 2 is 1.89 bits per heavy atom. The molecule has 4 unspecified atom stereocenters. The second-order valence-corrected chi connectivity index (χ2v) is 7.48. The van der Waals surface area contributed by atoms with Crippen LogP contribution in [0.2, 0.25) is 0 Å². The van der Waals surface area contributed by atoms with E-state index in [1.54, 1.807) is 6.92 Å². The van der Waals surface area contributed by atoms with Crippen molar-refractivity contribution in [3.63, 3.8) is 0 Å². The number of rotatable bonds is 5. The van der Waals surface area contributed by atoms with E-state index in [0.29, 0.717) is 17.8 Å². The standard InChI is InChI=1S/C13H26O4S/c1-9(2)12-6-5-10(3)7-13(12)17-11(4)8-18(14,15)16/h9-13H,5-8H2,1-4H3,(H,14,15,16)/p-1. The molecule has 18 heavy (non-hydrogen) atoms. The lowest BCUT2D eigenvalue weighted by Crippen LogP contribution is -2.38. The minimum absolute atomic E-state index is 0.0884. The van der Waals surface area contributed by atoms with Crippen LogP contribution in [0.15, 0.2) is 0 Å². The highest BCUT2D eigenvalue weighted by atomic mass is 32.2. The van der Waals surface area contributed by atoms with Gasteiger partial charge in [0.2, 0.25) is 0 Å². The van der Waals surface area contributed by atoms with Crippen molar-refractivity contribution in [2.45, 2.75) is 59.2 Å². The monoisotopic (exact) mass is 277 g/mol. The SMILES string of the molecule is CC1CCC(C(C)C)C(OC(C)CS(=O)(=O)[O-])C1. The van der Waals surface area contributed by atoms with Crippen LogP contribution < -0.4 is 0 Å². The van der Waals surface area contributed by atoms with Gasteiger partial charge in [0, 0.05) is 0 Å². The Balaban J connectivity index is 2.60. The van der Waals surface area contributed by atoms with Gasteiger partial charge in [-0.15, -0.1) is 0 Å². The maximum atomic E-state index is 10.7. The molecule has 0 spiro atoms. The summed E-state index contributed by atoms with van der Waals surface area (Å²) in [4.78, 5) is 0. The minimum Gasteiger partial charge on any atom is -0.748 e. The highest BCUT2D eigenvalue weighted by Gasteiger charge is 2.32. The maximum absolute atomic E-state index is 10.7. The molecule has 0 aromatic rings. The first-order chi connectivity index (χ1) is 8.19. The van der Waals surface area contributed by atoms with Gasteiger partial charge in [-0.2, -0.15) is 0 Å². The van der Waals surface area contributed by atoms with Crippen LogP contribution in [-0.2, 0) is 14.9 Å². The van der Waals surface area contributed by atoms with Crippen molar-refractivity contribution in [1.29, 1.82) is 0 Å². The fraction of sp³-hybridized carbons (Fsp3) is 1.00. The van der Waals surface area contributed by atoms with Crippen molar-refractivity contribution in [2.24, 2.45) is 17.8 Å². The summed E-state index contributed by atoms with van der Waals surface area (Å²) in [6, 6.07) is 0. The van der Waals surface area contributed by atoms with E-state index in [0.717, 1.165) is 12.8 Å². The van der Waals surface area contributed by atoms with Crippen molar-refractivity contribution in [3.05, 3.63) is 0 Å². The summed E-state index contributed by atoms with van der Waals surface area (Å²) in [5, 5.41) is 0.